The smallest absolute Gasteiger partial charge is 0.325 e. The molecule has 160 valence electrons. The molecule has 2 N–H and O–H groups in total. The molecule has 0 atom stereocenters. The highest BCUT2D eigenvalue weighted by Gasteiger charge is 2.16. The molecule has 32 heavy (non-hydrogen) atoms. The van der Waals surface area contributed by atoms with Crippen LogP contribution in [0.4, 0.5) is 0 Å². The van der Waals surface area contributed by atoms with E-state index in [0.717, 1.165) is 16.3 Å². The van der Waals surface area contributed by atoms with Crippen molar-refractivity contribution in [3.8, 4) is 17.2 Å². The first kappa shape index (κ1) is 20.9. The summed E-state index contributed by atoms with van der Waals surface area (Å²) in [7, 11) is 0. The van der Waals surface area contributed by atoms with Crippen molar-refractivity contribution < 1.29 is 24.2 Å². The fourth-order valence-corrected chi connectivity index (χ4v) is 3.06. The Morgan fingerprint density at radius 3 is 2.41 bits per heavy atom. The molecule has 4 rings (SSSR count). The number of rotatable bonds is 7. The van der Waals surface area contributed by atoms with Crippen molar-refractivity contribution >= 4 is 22.6 Å². The van der Waals surface area contributed by atoms with Gasteiger partial charge in [-0.2, -0.15) is 0 Å². The maximum Gasteiger partial charge on any atom is 0.325 e. The summed E-state index contributed by atoms with van der Waals surface area (Å²) in [5, 5.41) is 14.7. The average Bonchev–Trinajstić information content (AvgIpc) is 2.82. The Kier molecular flexibility index (Phi) is 6.27. The summed E-state index contributed by atoms with van der Waals surface area (Å²) in [6.07, 6.45) is 1.33. The van der Waals surface area contributed by atoms with Crippen LogP contribution in [0.25, 0.3) is 10.8 Å². The number of benzene rings is 3. The van der Waals surface area contributed by atoms with E-state index in [0.29, 0.717) is 5.75 Å². The third-order valence-electron chi connectivity index (χ3n) is 4.65. The van der Waals surface area contributed by atoms with Crippen LogP contribution in [0.5, 0.6) is 17.2 Å². The van der Waals surface area contributed by atoms with E-state index in [1.54, 1.807) is 6.07 Å². The molecular weight excluding hydrogens is 408 g/mol. The zero-order valence-electron chi connectivity index (χ0n) is 17.0. The Hall–Kier alpha value is -4.39. The molecule has 0 unspecified atom stereocenters. The van der Waals surface area contributed by atoms with E-state index in [4.69, 9.17) is 9.47 Å². The molecule has 7 nitrogen and oxygen atoms in total. The van der Waals surface area contributed by atoms with Gasteiger partial charge in [0.05, 0.1) is 6.20 Å². The first-order valence-corrected chi connectivity index (χ1v) is 9.92. The lowest BCUT2D eigenvalue weighted by atomic mass is 10.1. The summed E-state index contributed by atoms with van der Waals surface area (Å²) in [6.45, 7) is -0.234. The number of nitrogens with zero attached hydrogens (tertiary/aromatic N) is 1. The third-order valence-corrected chi connectivity index (χ3v) is 4.65. The fraction of sp³-hybridized carbons (Fsp3) is 0.0800. The minimum Gasteiger partial charge on any atom is -0.505 e. The van der Waals surface area contributed by atoms with Crippen molar-refractivity contribution in [2.24, 2.45) is 0 Å². The van der Waals surface area contributed by atoms with Crippen LogP contribution in [-0.4, -0.2) is 28.5 Å². The Bertz CT molecular complexity index is 1260. The number of aromatic hydroxyl groups is 1. The molecule has 0 aliphatic carbocycles. The summed E-state index contributed by atoms with van der Waals surface area (Å²) >= 11 is 0. The van der Waals surface area contributed by atoms with Crippen LogP contribution in [0.2, 0.25) is 0 Å². The highest BCUT2D eigenvalue weighted by molar-refractivity contribution is 5.96. The number of esters is 1. The lowest BCUT2D eigenvalue weighted by molar-refractivity contribution is -0.143. The molecule has 0 fully saturated rings. The van der Waals surface area contributed by atoms with Crippen LogP contribution in [0.1, 0.15) is 16.1 Å². The van der Waals surface area contributed by atoms with Gasteiger partial charge in [0.2, 0.25) is 0 Å². The van der Waals surface area contributed by atoms with Crippen LogP contribution in [0.3, 0.4) is 0 Å². The van der Waals surface area contributed by atoms with Gasteiger partial charge in [0.25, 0.3) is 5.91 Å². The largest absolute Gasteiger partial charge is 0.505 e. The number of hydrogen-bond donors (Lipinski definition) is 2. The Morgan fingerprint density at radius 2 is 1.62 bits per heavy atom. The fourth-order valence-electron chi connectivity index (χ4n) is 3.06. The second-order valence-electron chi connectivity index (χ2n) is 6.98. The lowest BCUT2D eigenvalue weighted by Gasteiger charge is -2.10. The molecule has 7 heteroatoms. The number of amides is 1. The minimum atomic E-state index is -0.698. The molecular formula is C25H20N2O5. The van der Waals surface area contributed by atoms with Gasteiger partial charge in [0, 0.05) is 6.07 Å². The van der Waals surface area contributed by atoms with Crippen LogP contribution in [0, 0.1) is 0 Å². The molecule has 4 aromatic rings. The summed E-state index contributed by atoms with van der Waals surface area (Å²) in [5.74, 6) is -0.812. The molecule has 0 bridgehead atoms. The van der Waals surface area contributed by atoms with Gasteiger partial charge in [-0.15, -0.1) is 0 Å². The Balaban J connectivity index is 1.33. The number of fused-ring (bicyclic) bond motifs is 1. The molecule has 1 amide bonds. The second-order valence-corrected chi connectivity index (χ2v) is 6.98. The molecule has 1 aromatic heterocycles. The Labute approximate surface area is 184 Å². The molecule has 0 spiro atoms. The van der Waals surface area contributed by atoms with Gasteiger partial charge < -0.3 is 19.9 Å². The Morgan fingerprint density at radius 1 is 0.875 bits per heavy atom. The van der Waals surface area contributed by atoms with E-state index in [1.807, 2.05) is 66.7 Å². The van der Waals surface area contributed by atoms with Crippen LogP contribution in [0.15, 0.2) is 85.1 Å². The van der Waals surface area contributed by atoms with E-state index in [1.165, 1.54) is 12.3 Å². The number of aromatic nitrogens is 1. The van der Waals surface area contributed by atoms with Gasteiger partial charge in [-0.1, -0.05) is 60.7 Å². The zero-order valence-corrected chi connectivity index (χ0v) is 17.0. The van der Waals surface area contributed by atoms with Gasteiger partial charge in [0.15, 0.2) is 11.4 Å². The van der Waals surface area contributed by atoms with Gasteiger partial charge in [0.1, 0.15) is 24.7 Å². The van der Waals surface area contributed by atoms with Crippen LogP contribution in [-0.2, 0) is 16.1 Å². The number of hydrogen-bond acceptors (Lipinski definition) is 6. The topological polar surface area (TPSA) is 97.8 Å². The van der Waals surface area contributed by atoms with Crippen molar-refractivity contribution in [3.63, 3.8) is 0 Å². The normalized spacial score (nSPS) is 10.5. The van der Waals surface area contributed by atoms with E-state index < -0.39 is 11.9 Å². The number of pyridine rings is 1. The first-order valence-electron chi connectivity index (χ1n) is 9.92. The van der Waals surface area contributed by atoms with Crippen molar-refractivity contribution in [1.82, 2.24) is 10.3 Å². The van der Waals surface area contributed by atoms with Gasteiger partial charge in [-0.25, -0.2) is 4.98 Å². The van der Waals surface area contributed by atoms with Crippen molar-refractivity contribution in [2.75, 3.05) is 6.54 Å². The van der Waals surface area contributed by atoms with E-state index >= 15 is 0 Å². The molecule has 1 heterocycles. The molecule has 0 saturated carbocycles. The summed E-state index contributed by atoms with van der Waals surface area (Å²) in [5.41, 5.74) is 0.625. The lowest BCUT2D eigenvalue weighted by Crippen LogP contribution is -2.31. The maximum absolute atomic E-state index is 12.3. The van der Waals surface area contributed by atoms with Crippen LogP contribution < -0.4 is 10.1 Å². The predicted octanol–water partition coefficient (Wildman–Crippen LogP) is 4.21. The minimum absolute atomic E-state index is 0.111. The van der Waals surface area contributed by atoms with Gasteiger partial charge in [-0.3, -0.25) is 9.59 Å². The molecule has 0 radical (unpaired) electrons. The number of carbonyl (C=O) groups excluding carboxylic acids is 2. The molecule has 0 aliphatic heterocycles. The highest BCUT2D eigenvalue weighted by Crippen LogP contribution is 2.28. The number of nitrogens with one attached hydrogen (secondary N) is 1. The van der Waals surface area contributed by atoms with E-state index in [9.17, 15) is 14.7 Å². The maximum atomic E-state index is 12.3. The van der Waals surface area contributed by atoms with Gasteiger partial charge >= 0.3 is 5.97 Å². The van der Waals surface area contributed by atoms with Crippen molar-refractivity contribution in [2.45, 2.75) is 6.61 Å². The first-order chi connectivity index (χ1) is 15.6. The molecule has 3 aromatic carbocycles. The standard InChI is InChI=1S/C25H20N2O5/c28-22-13-21(32-20-11-10-18-8-4-5-9-19(18)12-20)14-26-24(22)25(30)27-15-23(29)31-16-17-6-2-1-3-7-17/h1-14,28H,15-16H2,(H,27,30). The number of ether oxygens (including phenoxy) is 2. The van der Waals surface area contributed by atoms with Crippen molar-refractivity contribution in [1.29, 1.82) is 0 Å². The quantitative estimate of drug-likeness (QED) is 0.428. The predicted molar refractivity (Wildman–Crippen MR) is 118 cm³/mol. The average molecular weight is 428 g/mol. The summed E-state index contributed by atoms with van der Waals surface area (Å²) < 4.78 is 10.8. The van der Waals surface area contributed by atoms with Crippen molar-refractivity contribution in [3.05, 3.63) is 96.3 Å². The SMILES string of the molecule is O=C(CNC(=O)c1ncc(Oc2ccc3ccccc3c2)cc1O)OCc1ccccc1. The van der Waals surface area contributed by atoms with Gasteiger partial charge in [-0.05, 0) is 28.5 Å². The van der Waals surface area contributed by atoms with E-state index in [-0.39, 0.29) is 30.3 Å². The molecule has 0 saturated heterocycles. The zero-order chi connectivity index (χ0) is 22.3. The summed E-state index contributed by atoms with van der Waals surface area (Å²) in [6, 6.07) is 24.0. The molecule has 0 aliphatic rings. The monoisotopic (exact) mass is 428 g/mol. The van der Waals surface area contributed by atoms with Crippen LogP contribution >= 0.6 is 0 Å². The third kappa shape index (κ3) is 5.20. The highest BCUT2D eigenvalue weighted by atomic mass is 16.5. The second kappa shape index (κ2) is 9.61. The van der Waals surface area contributed by atoms with E-state index in [2.05, 4.69) is 10.3 Å². The summed E-state index contributed by atoms with van der Waals surface area (Å²) in [4.78, 5) is 28.1. The number of carbonyl (C=O) groups is 2.